The van der Waals surface area contributed by atoms with Crippen LogP contribution >= 0.6 is 0 Å². The van der Waals surface area contributed by atoms with Crippen LogP contribution < -0.4 is 5.32 Å². The number of amides is 2. The van der Waals surface area contributed by atoms with Crippen LogP contribution in [-0.4, -0.2) is 64.6 Å². The fraction of sp³-hybridized carbons (Fsp3) is 0.857. The lowest BCUT2D eigenvalue weighted by atomic mass is 9.64. The first kappa shape index (κ1) is 16.0. The Bertz CT molecular complexity index is 426. The van der Waals surface area contributed by atoms with Crippen LogP contribution in [-0.2, 0) is 9.53 Å². The van der Waals surface area contributed by atoms with Crippen LogP contribution in [0.3, 0.4) is 0 Å². The van der Waals surface area contributed by atoms with Crippen LogP contribution in [0.25, 0.3) is 0 Å². The third-order valence-electron chi connectivity index (χ3n) is 4.67. The minimum Gasteiger partial charge on any atom is -0.480 e. The van der Waals surface area contributed by atoms with Gasteiger partial charge in [-0.25, -0.2) is 9.59 Å². The Labute approximate surface area is 124 Å². The number of aliphatic carboxylic acids is 1. The predicted molar refractivity (Wildman–Crippen MR) is 74.9 cm³/mol. The fourth-order valence-electron chi connectivity index (χ4n) is 3.12. The van der Waals surface area contributed by atoms with Crippen molar-refractivity contribution >= 4 is 12.0 Å². The quantitative estimate of drug-likeness (QED) is 0.699. The van der Waals surface area contributed by atoms with Gasteiger partial charge in [-0.15, -0.1) is 0 Å². The van der Waals surface area contributed by atoms with Crippen molar-refractivity contribution in [3.8, 4) is 0 Å². The number of nitrogens with one attached hydrogen (secondary N) is 1. The van der Waals surface area contributed by atoms with Crippen molar-refractivity contribution in [3.05, 3.63) is 0 Å². The number of likely N-dealkylation sites (tertiary alicyclic amines) is 1. The molecule has 7 nitrogen and oxygen atoms in total. The maximum atomic E-state index is 12.3. The first-order valence-corrected chi connectivity index (χ1v) is 7.37. The van der Waals surface area contributed by atoms with Crippen LogP contribution in [0.4, 0.5) is 4.79 Å². The van der Waals surface area contributed by atoms with Gasteiger partial charge < -0.3 is 25.2 Å². The number of aliphatic hydroxyl groups is 1. The zero-order chi connectivity index (χ0) is 15.8. The number of carbonyl (C=O) groups excluding carboxylic acids is 1. The Kier molecular flexibility index (Phi) is 4.43. The van der Waals surface area contributed by atoms with E-state index in [-0.39, 0.29) is 30.5 Å². The molecule has 7 heteroatoms. The third kappa shape index (κ3) is 2.98. The number of urea groups is 1. The maximum absolute atomic E-state index is 12.3. The number of carboxylic acids is 1. The number of aliphatic hydroxyl groups excluding tert-OH is 1. The second-order valence-electron chi connectivity index (χ2n) is 6.40. The number of hydrogen-bond acceptors (Lipinski definition) is 4. The van der Waals surface area contributed by atoms with Gasteiger partial charge in [0.1, 0.15) is 6.04 Å². The Morgan fingerprint density at radius 2 is 2.05 bits per heavy atom. The lowest BCUT2D eigenvalue weighted by Crippen LogP contribution is -2.64. The SMILES string of the molecule is CCOC1CC(NC(=O)N2CC(O)C[C@H]2C(=O)O)C1(C)C. The molecule has 21 heavy (non-hydrogen) atoms. The summed E-state index contributed by atoms with van der Waals surface area (Å²) in [5.41, 5.74) is -0.178. The second-order valence-corrected chi connectivity index (χ2v) is 6.40. The van der Waals surface area contributed by atoms with E-state index >= 15 is 0 Å². The zero-order valence-corrected chi connectivity index (χ0v) is 12.7. The van der Waals surface area contributed by atoms with Gasteiger partial charge in [0.15, 0.2) is 0 Å². The molecule has 2 fully saturated rings. The molecule has 2 rings (SSSR count). The number of carboxylic acid groups (broad SMARTS) is 1. The summed E-state index contributed by atoms with van der Waals surface area (Å²) in [6.45, 7) is 6.68. The Balaban J connectivity index is 1.95. The minimum atomic E-state index is -1.08. The molecule has 0 aromatic carbocycles. The molecule has 0 aromatic rings. The van der Waals surface area contributed by atoms with E-state index in [0.29, 0.717) is 6.61 Å². The number of rotatable bonds is 4. The standard InChI is InChI=1S/C14H24N2O5/c1-4-21-11-6-10(14(11,2)3)15-13(20)16-7-8(17)5-9(16)12(18)19/h8-11,17H,4-7H2,1-3H3,(H,15,20)(H,18,19)/t8?,9-,10?,11?/m0/s1. The molecule has 3 unspecified atom stereocenters. The fourth-order valence-corrected chi connectivity index (χ4v) is 3.12. The Morgan fingerprint density at radius 3 is 2.57 bits per heavy atom. The Morgan fingerprint density at radius 1 is 1.38 bits per heavy atom. The van der Waals surface area contributed by atoms with Crippen molar-refractivity contribution < 1.29 is 24.5 Å². The summed E-state index contributed by atoms with van der Waals surface area (Å²) in [4.78, 5) is 24.6. The molecular weight excluding hydrogens is 276 g/mol. The molecule has 0 radical (unpaired) electrons. The molecule has 1 saturated heterocycles. The third-order valence-corrected chi connectivity index (χ3v) is 4.67. The number of carbonyl (C=O) groups is 2. The molecule has 1 aliphatic carbocycles. The first-order chi connectivity index (χ1) is 9.77. The van der Waals surface area contributed by atoms with Crippen LogP contribution in [0.15, 0.2) is 0 Å². The molecule has 0 bridgehead atoms. The molecule has 1 aliphatic heterocycles. The first-order valence-electron chi connectivity index (χ1n) is 7.37. The van der Waals surface area contributed by atoms with Gasteiger partial charge in [-0.2, -0.15) is 0 Å². The zero-order valence-electron chi connectivity index (χ0n) is 12.7. The van der Waals surface area contributed by atoms with Crippen molar-refractivity contribution in [1.29, 1.82) is 0 Å². The van der Waals surface area contributed by atoms with Crippen molar-refractivity contribution in [1.82, 2.24) is 10.2 Å². The van der Waals surface area contributed by atoms with Crippen molar-refractivity contribution in [2.45, 2.75) is 57.9 Å². The van der Waals surface area contributed by atoms with E-state index in [9.17, 15) is 14.7 Å². The van der Waals surface area contributed by atoms with Gasteiger partial charge in [-0.1, -0.05) is 13.8 Å². The highest BCUT2D eigenvalue weighted by molar-refractivity contribution is 5.83. The highest BCUT2D eigenvalue weighted by atomic mass is 16.5. The average molecular weight is 300 g/mol. The van der Waals surface area contributed by atoms with Crippen LogP contribution in [0.2, 0.25) is 0 Å². The van der Waals surface area contributed by atoms with Crippen LogP contribution in [0, 0.1) is 5.41 Å². The van der Waals surface area contributed by atoms with Crippen molar-refractivity contribution in [3.63, 3.8) is 0 Å². The Hall–Kier alpha value is -1.34. The van der Waals surface area contributed by atoms with Gasteiger partial charge in [0.2, 0.25) is 0 Å². The molecule has 2 aliphatic rings. The highest BCUT2D eigenvalue weighted by Crippen LogP contribution is 2.42. The smallest absolute Gasteiger partial charge is 0.326 e. The van der Waals surface area contributed by atoms with Crippen LogP contribution in [0.1, 0.15) is 33.6 Å². The summed E-state index contributed by atoms with van der Waals surface area (Å²) >= 11 is 0. The lowest BCUT2D eigenvalue weighted by molar-refractivity contribution is -0.141. The topological polar surface area (TPSA) is 99.1 Å². The van der Waals surface area contributed by atoms with Gasteiger partial charge in [0.25, 0.3) is 0 Å². The van der Waals surface area contributed by atoms with Gasteiger partial charge in [0, 0.05) is 31.0 Å². The normalized spacial score (nSPS) is 34.4. The summed E-state index contributed by atoms with van der Waals surface area (Å²) in [5, 5.41) is 21.6. The van der Waals surface area contributed by atoms with Gasteiger partial charge in [-0.3, -0.25) is 0 Å². The summed E-state index contributed by atoms with van der Waals surface area (Å²) in [6.07, 6.45) is 0.133. The monoisotopic (exact) mass is 300 g/mol. The molecule has 120 valence electrons. The molecule has 4 atom stereocenters. The summed E-state index contributed by atoms with van der Waals surface area (Å²) in [7, 11) is 0. The van der Waals surface area contributed by atoms with E-state index in [1.54, 1.807) is 0 Å². The minimum absolute atomic E-state index is 0.0475. The van der Waals surface area contributed by atoms with Crippen LogP contribution in [0.5, 0.6) is 0 Å². The van der Waals surface area contributed by atoms with Gasteiger partial charge in [-0.05, 0) is 13.3 Å². The molecular formula is C14H24N2O5. The number of nitrogens with zero attached hydrogens (tertiary/aromatic N) is 1. The van der Waals surface area contributed by atoms with Crippen molar-refractivity contribution in [2.24, 2.45) is 5.41 Å². The van der Waals surface area contributed by atoms with E-state index in [2.05, 4.69) is 5.32 Å². The number of β-amino-alcohol motifs (C(OH)–C–C–N with tert-alkyl or cyclic N) is 1. The van der Waals surface area contributed by atoms with E-state index in [0.717, 1.165) is 6.42 Å². The number of hydrogen-bond donors (Lipinski definition) is 3. The predicted octanol–water partition coefficient (Wildman–Crippen LogP) is 0.419. The second kappa shape index (κ2) is 5.81. The van der Waals surface area contributed by atoms with E-state index in [4.69, 9.17) is 9.84 Å². The molecule has 2 amide bonds. The van der Waals surface area contributed by atoms with E-state index < -0.39 is 24.1 Å². The molecule has 1 saturated carbocycles. The molecule has 3 N–H and O–H groups in total. The van der Waals surface area contributed by atoms with Gasteiger partial charge >= 0.3 is 12.0 Å². The molecule has 1 heterocycles. The average Bonchev–Trinajstić information content (AvgIpc) is 2.80. The molecule has 0 spiro atoms. The summed E-state index contributed by atoms with van der Waals surface area (Å²) < 4.78 is 5.61. The van der Waals surface area contributed by atoms with Crippen molar-refractivity contribution in [2.75, 3.05) is 13.2 Å². The lowest BCUT2D eigenvalue weighted by Gasteiger charge is -2.51. The maximum Gasteiger partial charge on any atom is 0.326 e. The van der Waals surface area contributed by atoms with E-state index in [1.807, 2.05) is 20.8 Å². The summed E-state index contributed by atoms with van der Waals surface area (Å²) in [6, 6.07) is -1.42. The number of ether oxygens (including phenoxy) is 1. The highest BCUT2D eigenvalue weighted by Gasteiger charge is 2.50. The summed E-state index contributed by atoms with van der Waals surface area (Å²) in [5.74, 6) is -1.08. The van der Waals surface area contributed by atoms with Gasteiger partial charge in [0.05, 0.1) is 12.2 Å². The largest absolute Gasteiger partial charge is 0.480 e. The molecule has 0 aromatic heterocycles. The van der Waals surface area contributed by atoms with E-state index in [1.165, 1.54) is 4.90 Å².